The molecule has 0 saturated heterocycles. The van der Waals surface area contributed by atoms with E-state index in [0.717, 1.165) is 0 Å². The minimum Gasteiger partial charge on any atom is -0.449 e. The van der Waals surface area contributed by atoms with Crippen molar-refractivity contribution in [1.82, 2.24) is 9.78 Å². The first-order chi connectivity index (χ1) is 12.6. The van der Waals surface area contributed by atoms with Crippen LogP contribution in [0.1, 0.15) is 36.8 Å². The fourth-order valence-electron chi connectivity index (χ4n) is 2.35. The molecule has 146 valence electrons. The Kier molecular flexibility index (Phi) is 7.14. The first-order valence-electron chi connectivity index (χ1n) is 8.30. The molecule has 1 N–H and O–H groups in total. The van der Waals surface area contributed by atoms with Gasteiger partial charge in [-0.2, -0.15) is 5.10 Å². The minimum atomic E-state index is -1.07. The van der Waals surface area contributed by atoms with Crippen LogP contribution in [0.3, 0.4) is 0 Å². The molecule has 0 radical (unpaired) electrons. The zero-order valence-corrected chi connectivity index (χ0v) is 17.6. The molecular formula is C18H20Cl3N3O3. The number of ether oxygens (including phenoxy) is 1. The van der Waals surface area contributed by atoms with Crippen LogP contribution in [-0.4, -0.2) is 27.8 Å². The average Bonchev–Trinajstić information content (AvgIpc) is 2.83. The SMILES string of the molecule is Cc1nn(CC(C)C)c(Cl)c1C(=O)OC(C)C(=O)Nc1cc(Cl)ccc1Cl. The van der Waals surface area contributed by atoms with Crippen LogP contribution >= 0.6 is 34.8 Å². The smallest absolute Gasteiger partial charge is 0.343 e. The number of halogens is 3. The van der Waals surface area contributed by atoms with Crippen LogP contribution in [0.25, 0.3) is 0 Å². The van der Waals surface area contributed by atoms with Crippen molar-refractivity contribution in [2.24, 2.45) is 5.92 Å². The summed E-state index contributed by atoms with van der Waals surface area (Å²) in [5.41, 5.74) is 0.921. The van der Waals surface area contributed by atoms with Gasteiger partial charge in [-0.1, -0.05) is 48.7 Å². The second-order valence-electron chi connectivity index (χ2n) is 6.49. The summed E-state index contributed by atoms with van der Waals surface area (Å²) in [5, 5.41) is 7.77. The Morgan fingerprint density at radius 2 is 1.89 bits per heavy atom. The van der Waals surface area contributed by atoms with Crippen molar-refractivity contribution in [2.75, 3.05) is 5.32 Å². The van der Waals surface area contributed by atoms with Gasteiger partial charge in [0.15, 0.2) is 6.10 Å². The predicted molar refractivity (Wildman–Crippen MR) is 107 cm³/mol. The van der Waals surface area contributed by atoms with E-state index in [4.69, 9.17) is 39.5 Å². The number of hydrogen-bond acceptors (Lipinski definition) is 4. The highest BCUT2D eigenvalue weighted by atomic mass is 35.5. The first-order valence-corrected chi connectivity index (χ1v) is 9.43. The molecule has 0 aliphatic carbocycles. The standard InChI is InChI=1S/C18H20Cl3N3O3/c1-9(2)8-24-16(21)15(10(3)23-24)18(26)27-11(4)17(25)22-14-7-12(19)5-6-13(14)20/h5-7,9,11H,8H2,1-4H3,(H,22,25). The number of carbonyl (C=O) groups excluding carboxylic acids is 2. The van der Waals surface area contributed by atoms with E-state index in [1.165, 1.54) is 13.0 Å². The summed E-state index contributed by atoms with van der Waals surface area (Å²) in [6.45, 7) is 7.71. The Bertz CT molecular complexity index is 865. The van der Waals surface area contributed by atoms with Crippen LogP contribution in [0.4, 0.5) is 5.69 Å². The molecule has 1 aromatic carbocycles. The molecule has 0 saturated carbocycles. The molecule has 9 heteroatoms. The zero-order chi connectivity index (χ0) is 20.3. The van der Waals surface area contributed by atoms with Gasteiger partial charge in [-0.15, -0.1) is 0 Å². The van der Waals surface area contributed by atoms with Gasteiger partial charge in [0.05, 0.1) is 16.4 Å². The Morgan fingerprint density at radius 3 is 2.52 bits per heavy atom. The number of anilines is 1. The number of rotatable bonds is 6. The molecule has 0 bridgehead atoms. The highest BCUT2D eigenvalue weighted by Gasteiger charge is 2.26. The third-order valence-electron chi connectivity index (χ3n) is 3.65. The molecule has 1 atom stereocenters. The molecule has 0 aliphatic rings. The molecule has 0 aliphatic heterocycles. The van der Waals surface area contributed by atoms with E-state index >= 15 is 0 Å². The Morgan fingerprint density at radius 1 is 1.22 bits per heavy atom. The quantitative estimate of drug-likeness (QED) is 0.653. The van der Waals surface area contributed by atoms with Crippen LogP contribution in [0.2, 0.25) is 15.2 Å². The van der Waals surface area contributed by atoms with E-state index in [-0.39, 0.29) is 10.7 Å². The van der Waals surface area contributed by atoms with Crippen LogP contribution in [0, 0.1) is 12.8 Å². The number of hydrogen-bond donors (Lipinski definition) is 1. The van der Waals surface area contributed by atoms with Gasteiger partial charge in [-0.05, 0) is 38.0 Å². The maximum Gasteiger partial charge on any atom is 0.343 e. The number of nitrogens with zero attached hydrogens (tertiary/aromatic N) is 2. The largest absolute Gasteiger partial charge is 0.449 e. The molecule has 0 fully saturated rings. The predicted octanol–water partition coefficient (Wildman–Crippen LogP) is 4.99. The number of nitrogens with one attached hydrogen (secondary N) is 1. The van der Waals surface area contributed by atoms with E-state index in [1.807, 2.05) is 13.8 Å². The number of amides is 1. The van der Waals surface area contributed by atoms with Gasteiger partial charge in [-0.25, -0.2) is 4.79 Å². The number of aromatic nitrogens is 2. The Hall–Kier alpha value is -1.76. The lowest BCUT2D eigenvalue weighted by Crippen LogP contribution is -2.30. The highest BCUT2D eigenvalue weighted by molar-refractivity contribution is 6.35. The zero-order valence-electron chi connectivity index (χ0n) is 15.3. The lowest BCUT2D eigenvalue weighted by molar-refractivity contribution is -0.123. The summed E-state index contributed by atoms with van der Waals surface area (Å²) < 4.78 is 6.81. The van der Waals surface area contributed by atoms with Gasteiger partial charge in [0.2, 0.25) is 0 Å². The van der Waals surface area contributed by atoms with Gasteiger partial charge >= 0.3 is 5.97 Å². The Balaban J connectivity index is 2.10. The van der Waals surface area contributed by atoms with E-state index in [9.17, 15) is 9.59 Å². The molecular weight excluding hydrogens is 413 g/mol. The third kappa shape index (κ3) is 5.37. The number of benzene rings is 1. The second kappa shape index (κ2) is 8.95. The van der Waals surface area contributed by atoms with Crippen molar-refractivity contribution >= 4 is 52.4 Å². The van der Waals surface area contributed by atoms with Crippen LogP contribution in [-0.2, 0) is 16.1 Å². The normalized spacial score (nSPS) is 12.1. The van der Waals surface area contributed by atoms with Crippen LogP contribution in [0.5, 0.6) is 0 Å². The maximum absolute atomic E-state index is 12.5. The van der Waals surface area contributed by atoms with E-state index < -0.39 is 18.0 Å². The number of carbonyl (C=O) groups is 2. The lowest BCUT2D eigenvalue weighted by atomic mass is 10.2. The number of aryl methyl sites for hydroxylation is 1. The molecule has 2 aromatic rings. The fourth-order valence-corrected chi connectivity index (χ4v) is 3.01. The molecule has 0 spiro atoms. The van der Waals surface area contributed by atoms with Gasteiger partial charge in [0, 0.05) is 11.6 Å². The molecule has 2 rings (SSSR count). The summed E-state index contributed by atoms with van der Waals surface area (Å²) in [4.78, 5) is 24.8. The van der Waals surface area contributed by atoms with Gasteiger partial charge in [-0.3, -0.25) is 9.48 Å². The van der Waals surface area contributed by atoms with Gasteiger partial charge in [0.25, 0.3) is 5.91 Å². The van der Waals surface area contributed by atoms with Crippen LogP contribution in [0.15, 0.2) is 18.2 Å². The third-order valence-corrected chi connectivity index (χ3v) is 4.60. The molecule has 27 heavy (non-hydrogen) atoms. The molecule has 1 amide bonds. The highest BCUT2D eigenvalue weighted by Crippen LogP contribution is 2.26. The van der Waals surface area contributed by atoms with Crippen molar-refractivity contribution in [3.8, 4) is 0 Å². The summed E-state index contributed by atoms with van der Waals surface area (Å²) in [6, 6.07) is 4.66. The van der Waals surface area contributed by atoms with Crippen molar-refractivity contribution in [2.45, 2.75) is 40.3 Å². The van der Waals surface area contributed by atoms with Crippen molar-refractivity contribution < 1.29 is 14.3 Å². The van der Waals surface area contributed by atoms with Crippen molar-refractivity contribution in [3.05, 3.63) is 44.7 Å². The summed E-state index contributed by atoms with van der Waals surface area (Å²) in [6.07, 6.45) is -1.07. The molecule has 1 aromatic heterocycles. The summed E-state index contributed by atoms with van der Waals surface area (Å²) >= 11 is 18.2. The lowest BCUT2D eigenvalue weighted by Gasteiger charge is -2.14. The Labute approximate surface area is 172 Å². The molecule has 1 heterocycles. The van der Waals surface area contributed by atoms with Crippen LogP contribution < -0.4 is 5.32 Å². The van der Waals surface area contributed by atoms with E-state index in [2.05, 4.69) is 10.4 Å². The molecule has 1 unspecified atom stereocenters. The van der Waals surface area contributed by atoms with Gasteiger partial charge < -0.3 is 10.1 Å². The maximum atomic E-state index is 12.5. The topological polar surface area (TPSA) is 73.2 Å². The summed E-state index contributed by atoms with van der Waals surface area (Å²) in [7, 11) is 0. The minimum absolute atomic E-state index is 0.151. The van der Waals surface area contributed by atoms with Crippen molar-refractivity contribution in [1.29, 1.82) is 0 Å². The van der Waals surface area contributed by atoms with Crippen molar-refractivity contribution in [3.63, 3.8) is 0 Å². The monoisotopic (exact) mass is 431 g/mol. The molecule has 6 nitrogen and oxygen atoms in total. The summed E-state index contributed by atoms with van der Waals surface area (Å²) in [5.74, 6) is -0.957. The van der Waals surface area contributed by atoms with Gasteiger partial charge in [0.1, 0.15) is 10.7 Å². The fraction of sp³-hybridized carbons (Fsp3) is 0.389. The average molecular weight is 433 g/mol. The van der Waals surface area contributed by atoms with E-state index in [1.54, 1.807) is 23.7 Å². The number of esters is 1. The first kappa shape index (κ1) is 21.5. The van der Waals surface area contributed by atoms with E-state index in [0.29, 0.717) is 33.9 Å². The second-order valence-corrected chi connectivity index (χ2v) is 7.69.